The maximum Gasteiger partial charge on any atom is 0.309 e. The number of carbonyl (C=O) groups is 3. The summed E-state index contributed by atoms with van der Waals surface area (Å²) in [5, 5.41) is 0. The first-order chi connectivity index (χ1) is 41.0. The highest BCUT2D eigenvalue weighted by molar-refractivity contribution is 5.72. The van der Waals surface area contributed by atoms with Crippen molar-refractivity contribution >= 4 is 17.9 Å². The van der Waals surface area contributed by atoms with E-state index in [1.54, 1.807) is 6.08 Å². The lowest BCUT2D eigenvalue weighted by molar-refractivity contribution is -0.166. The third kappa shape index (κ3) is 67.2. The number of rotatable bonds is 58. The molecule has 0 rings (SSSR count). The highest BCUT2D eigenvalue weighted by atomic mass is 16.6. The van der Waals surface area contributed by atoms with Crippen molar-refractivity contribution < 1.29 is 28.6 Å². The minimum atomic E-state index is -0.854. The van der Waals surface area contributed by atoms with Crippen molar-refractivity contribution in [2.45, 2.75) is 271 Å². The van der Waals surface area contributed by atoms with Crippen LogP contribution in [-0.2, 0) is 28.6 Å². The Bertz CT molecular complexity index is 1940. The summed E-state index contributed by atoms with van der Waals surface area (Å²) in [5.74, 6) is -1.14. The van der Waals surface area contributed by atoms with Gasteiger partial charge in [0.25, 0.3) is 0 Å². The Kier molecular flexibility index (Phi) is 64.4. The Hall–Kier alpha value is -5.49. The maximum absolute atomic E-state index is 12.9. The van der Waals surface area contributed by atoms with Crippen LogP contribution in [-0.4, -0.2) is 37.2 Å². The fourth-order valence-corrected chi connectivity index (χ4v) is 8.51. The minimum absolute atomic E-state index is 0.108. The van der Waals surface area contributed by atoms with Gasteiger partial charge in [-0.05, 0) is 135 Å². The summed E-state index contributed by atoms with van der Waals surface area (Å²) in [6.45, 7) is 6.27. The Labute approximate surface area is 510 Å². The van der Waals surface area contributed by atoms with Crippen LogP contribution >= 0.6 is 0 Å². The molecule has 0 aliphatic rings. The number of hydrogen-bond donors (Lipinski definition) is 0. The summed E-state index contributed by atoms with van der Waals surface area (Å²) in [6, 6.07) is 0. The lowest BCUT2D eigenvalue weighted by Gasteiger charge is -2.18. The predicted octanol–water partition coefficient (Wildman–Crippen LogP) is 23.2. The van der Waals surface area contributed by atoms with E-state index in [-0.39, 0.29) is 44.4 Å². The lowest BCUT2D eigenvalue weighted by Crippen LogP contribution is -2.30. The van der Waals surface area contributed by atoms with Crippen LogP contribution in [0.2, 0.25) is 0 Å². The molecule has 0 aromatic rings. The van der Waals surface area contributed by atoms with Crippen molar-refractivity contribution in [1.82, 2.24) is 0 Å². The van der Waals surface area contributed by atoms with E-state index in [0.29, 0.717) is 6.42 Å². The molecule has 0 spiro atoms. The summed E-state index contributed by atoms with van der Waals surface area (Å²) in [5.41, 5.74) is 0. The predicted molar refractivity (Wildman–Crippen MR) is 361 cm³/mol. The zero-order valence-electron chi connectivity index (χ0n) is 53.1. The molecule has 464 valence electrons. The molecule has 0 N–H and O–H groups in total. The standard InChI is InChI=1S/C77H120O6/c1-4-7-10-13-16-19-22-25-28-30-32-34-35-36-37-38-39-40-41-43-44-46-49-52-55-58-61-64-67-70-76(79)82-73-74(72-81-75(78)69-66-63-60-57-54-51-48-27-24-21-18-15-12-9-6-3)83-77(80)71-68-65-62-59-56-53-50-47-45-42-33-31-29-26-23-20-17-14-11-8-5-2/h7,9-10,12,16,18-19,21,25,27-28,31-34,36-37,39-40,43-44,48-49,52,54,57-58,61,63,66,74H,4-6,8,11,13-15,17,20,22-24,26,29-30,35,38,41-42,45-47,50-51,53,55-56,59-60,62,64-65,67-73H2,1-3H3/b10-7-,12-9-,19-16-,21-18-,28-25-,33-31-,34-32-,37-36-,40-39-,44-43-,48-27-,52-49-,57-54-,61-58-,66-63-. The monoisotopic (exact) mass is 1140 g/mol. The molecule has 0 saturated heterocycles. The molecule has 0 fully saturated rings. The van der Waals surface area contributed by atoms with Crippen molar-refractivity contribution in [3.63, 3.8) is 0 Å². The molecular weight excluding hydrogens is 1020 g/mol. The van der Waals surface area contributed by atoms with Crippen molar-refractivity contribution in [1.29, 1.82) is 0 Å². The largest absolute Gasteiger partial charge is 0.462 e. The first-order valence-corrected chi connectivity index (χ1v) is 33.3. The third-order valence-electron chi connectivity index (χ3n) is 13.4. The van der Waals surface area contributed by atoms with Gasteiger partial charge in [-0.3, -0.25) is 14.4 Å². The van der Waals surface area contributed by atoms with Gasteiger partial charge in [-0.1, -0.05) is 293 Å². The summed E-state index contributed by atoms with van der Waals surface area (Å²) in [7, 11) is 0. The van der Waals surface area contributed by atoms with Crippen molar-refractivity contribution in [3.8, 4) is 0 Å². The van der Waals surface area contributed by atoms with E-state index in [2.05, 4.69) is 191 Å². The molecular formula is C77H120O6. The van der Waals surface area contributed by atoms with Gasteiger partial charge < -0.3 is 14.2 Å². The molecule has 0 aliphatic carbocycles. The molecule has 0 bridgehead atoms. The number of ether oxygens (including phenoxy) is 3. The van der Waals surface area contributed by atoms with Gasteiger partial charge in [0.1, 0.15) is 13.2 Å². The molecule has 0 heterocycles. The molecule has 0 aliphatic heterocycles. The quantitative estimate of drug-likeness (QED) is 0.0261. The van der Waals surface area contributed by atoms with Crippen molar-refractivity contribution in [2.24, 2.45) is 0 Å². The molecule has 0 saturated carbocycles. The van der Waals surface area contributed by atoms with Gasteiger partial charge in [-0.2, -0.15) is 0 Å². The molecule has 6 nitrogen and oxygen atoms in total. The molecule has 1 unspecified atom stereocenters. The van der Waals surface area contributed by atoms with Gasteiger partial charge >= 0.3 is 17.9 Å². The fraction of sp³-hybridized carbons (Fsp3) is 0.571. The van der Waals surface area contributed by atoms with Gasteiger partial charge in [0.15, 0.2) is 6.10 Å². The van der Waals surface area contributed by atoms with Crippen LogP contribution in [0.5, 0.6) is 0 Å². The Balaban J connectivity index is 4.55. The fourth-order valence-electron chi connectivity index (χ4n) is 8.51. The zero-order valence-corrected chi connectivity index (χ0v) is 53.1. The minimum Gasteiger partial charge on any atom is -0.462 e. The van der Waals surface area contributed by atoms with E-state index in [1.807, 2.05) is 6.08 Å². The van der Waals surface area contributed by atoms with E-state index in [9.17, 15) is 14.4 Å². The third-order valence-corrected chi connectivity index (χ3v) is 13.4. The average Bonchev–Trinajstić information content (AvgIpc) is 3.49. The second kappa shape index (κ2) is 69.0. The summed E-state index contributed by atoms with van der Waals surface area (Å²) < 4.78 is 16.8. The van der Waals surface area contributed by atoms with Crippen LogP contribution in [0.25, 0.3) is 0 Å². The zero-order chi connectivity index (χ0) is 59.9. The second-order valence-corrected chi connectivity index (χ2v) is 21.3. The number of allylic oxidation sites excluding steroid dienone is 29. The summed E-state index contributed by atoms with van der Waals surface area (Å²) in [4.78, 5) is 38.3. The topological polar surface area (TPSA) is 78.9 Å². The number of carbonyl (C=O) groups excluding carboxylic acids is 3. The van der Waals surface area contributed by atoms with Gasteiger partial charge in [0.05, 0.1) is 6.42 Å². The first-order valence-electron chi connectivity index (χ1n) is 33.3. The Morgan fingerprint density at radius 3 is 0.892 bits per heavy atom. The van der Waals surface area contributed by atoms with Crippen LogP contribution in [0.1, 0.15) is 265 Å². The van der Waals surface area contributed by atoms with Crippen molar-refractivity contribution in [2.75, 3.05) is 13.2 Å². The molecule has 1 atom stereocenters. The molecule has 6 heteroatoms. The number of hydrogen-bond acceptors (Lipinski definition) is 6. The SMILES string of the molecule is CC/C=C\C/C=C\C/C=C\C/C=C\C/C=C\C/C=C\C/C=C\C/C=C\C/C=C\CCCC(=O)OCC(COC(=O)C/C=C\C/C=C\C/C=C\C/C=C\C/C=C\CC)OC(=O)CCCCCCCCCCC/C=C\CCCCCCCCCC. The highest BCUT2D eigenvalue weighted by Crippen LogP contribution is 2.14. The van der Waals surface area contributed by atoms with Gasteiger partial charge in [-0.15, -0.1) is 0 Å². The van der Waals surface area contributed by atoms with Gasteiger partial charge in [0, 0.05) is 12.8 Å². The summed E-state index contributed by atoms with van der Waals surface area (Å²) >= 11 is 0. The van der Waals surface area contributed by atoms with Crippen LogP contribution in [0.4, 0.5) is 0 Å². The second-order valence-electron chi connectivity index (χ2n) is 21.3. The van der Waals surface area contributed by atoms with E-state index in [0.717, 1.165) is 116 Å². The normalized spacial score (nSPS) is 13.3. The van der Waals surface area contributed by atoms with Gasteiger partial charge in [-0.25, -0.2) is 0 Å². The molecule has 0 amide bonds. The molecule has 0 aromatic heterocycles. The Morgan fingerprint density at radius 2 is 0.530 bits per heavy atom. The summed E-state index contributed by atoms with van der Waals surface area (Å²) in [6.07, 6.45) is 104. The van der Waals surface area contributed by atoms with Crippen LogP contribution in [0, 0.1) is 0 Å². The molecule has 83 heavy (non-hydrogen) atoms. The maximum atomic E-state index is 12.9. The van der Waals surface area contributed by atoms with Crippen LogP contribution in [0.3, 0.4) is 0 Å². The van der Waals surface area contributed by atoms with E-state index >= 15 is 0 Å². The smallest absolute Gasteiger partial charge is 0.309 e. The van der Waals surface area contributed by atoms with E-state index in [4.69, 9.17) is 14.2 Å². The van der Waals surface area contributed by atoms with Crippen LogP contribution < -0.4 is 0 Å². The first kappa shape index (κ1) is 77.5. The van der Waals surface area contributed by atoms with E-state index in [1.165, 1.54) is 103 Å². The molecule has 0 radical (unpaired) electrons. The van der Waals surface area contributed by atoms with E-state index < -0.39 is 12.1 Å². The highest BCUT2D eigenvalue weighted by Gasteiger charge is 2.19. The average molecular weight is 1140 g/mol. The van der Waals surface area contributed by atoms with Gasteiger partial charge in [0.2, 0.25) is 0 Å². The molecule has 0 aromatic carbocycles. The number of esters is 3. The number of unbranched alkanes of at least 4 members (excludes halogenated alkanes) is 18. The Morgan fingerprint density at radius 1 is 0.265 bits per heavy atom. The van der Waals surface area contributed by atoms with Crippen LogP contribution in [0.15, 0.2) is 182 Å². The van der Waals surface area contributed by atoms with Crippen molar-refractivity contribution in [3.05, 3.63) is 182 Å². The lowest BCUT2D eigenvalue weighted by atomic mass is 10.1.